The number of aliphatic hydroxyl groups is 2. The molecule has 4 fully saturated rings. The highest BCUT2D eigenvalue weighted by Crippen LogP contribution is 2.66. The molecule has 8 atom stereocenters. The zero-order valence-corrected chi connectivity index (χ0v) is 17.1. The van der Waals surface area contributed by atoms with E-state index < -0.39 is 0 Å². The summed E-state index contributed by atoms with van der Waals surface area (Å²) >= 11 is 0. The topological polar surface area (TPSA) is 52.5 Å². The van der Waals surface area contributed by atoms with Crippen molar-refractivity contribution in [1.82, 2.24) is 5.32 Å². The van der Waals surface area contributed by atoms with Gasteiger partial charge in [-0.15, -0.1) is 0 Å². The average Bonchev–Trinajstić information content (AvgIpc) is 2.96. The minimum atomic E-state index is -0.0284. The lowest BCUT2D eigenvalue weighted by Gasteiger charge is -2.60. The first-order valence-corrected chi connectivity index (χ1v) is 11.5. The van der Waals surface area contributed by atoms with Crippen LogP contribution in [0.25, 0.3) is 0 Å². The predicted octanol–water partition coefficient (Wildman–Crippen LogP) is 3.98. The van der Waals surface area contributed by atoms with E-state index in [9.17, 15) is 5.11 Å². The molecule has 0 spiro atoms. The van der Waals surface area contributed by atoms with Gasteiger partial charge in [0.05, 0.1) is 6.10 Å². The Hall–Kier alpha value is -0.120. The number of aliphatic hydroxyl groups excluding tert-OH is 2. The van der Waals surface area contributed by atoms with Gasteiger partial charge in [-0.3, -0.25) is 0 Å². The first-order valence-electron chi connectivity index (χ1n) is 11.5. The average molecular weight is 364 g/mol. The molecule has 0 aromatic carbocycles. The van der Waals surface area contributed by atoms with Crippen molar-refractivity contribution in [3.63, 3.8) is 0 Å². The maximum Gasteiger partial charge on any atom is 0.0543 e. The quantitative estimate of drug-likeness (QED) is 0.648. The molecule has 0 aromatic rings. The Morgan fingerprint density at radius 2 is 1.85 bits per heavy atom. The van der Waals surface area contributed by atoms with Crippen LogP contribution < -0.4 is 5.32 Å². The minimum absolute atomic E-state index is 0.0284. The van der Waals surface area contributed by atoms with Crippen LogP contribution in [0.1, 0.15) is 78.1 Å². The summed E-state index contributed by atoms with van der Waals surface area (Å²) in [6, 6.07) is 0. The molecule has 4 aliphatic carbocycles. The van der Waals surface area contributed by atoms with Gasteiger partial charge >= 0.3 is 0 Å². The summed E-state index contributed by atoms with van der Waals surface area (Å²) in [6.45, 7) is 7.60. The molecule has 0 amide bonds. The van der Waals surface area contributed by atoms with Gasteiger partial charge in [0.15, 0.2) is 0 Å². The normalized spacial score (nSPS) is 50.8. The molecule has 3 heteroatoms. The van der Waals surface area contributed by atoms with Gasteiger partial charge in [0.25, 0.3) is 0 Å². The monoisotopic (exact) mass is 363 g/mol. The number of hydrogen-bond donors (Lipinski definition) is 3. The molecular formula is C23H41NO2. The number of fused-ring (bicyclic) bond motifs is 5. The molecule has 0 aromatic heterocycles. The molecule has 0 aliphatic heterocycles. The van der Waals surface area contributed by atoms with Crippen LogP contribution >= 0.6 is 0 Å². The summed E-state index contributed by atoms with van der Waals surface area (Å²) in [7, 11) is 0. The zero-order valence-electron chi connectivity index (χ0n) is 17.1. The van der Waals surface area contributed by atoms with Gasteiger partial charge < -0.3 is 15.5 Å². The highest BCUT2D eigenvalue weighted by atomic mass is 16.3. The summed E-state index contributed by atoms with van der Waals surface area (Å²) in [4.78, 5) is 0. The van der Waals surface area contributed by atoms with Gasteiger partial charge in [0, 0.05) is 6.61 Å². The molecule has 0 radical (unpaired) electrons. The van der Waals surface area contributed by atoms with Crippen LogP contribution in [0.15, 0.2) is 0 Å². The van der Waals surface area contributed by atoms with E-state index in [1.807, 2.05) is 0 Å². The lowest BCUT2D eigenvalue weighted by atomic mass is 9.45. The minimum Gasteiger partial charge on any atom is -0.396 e. The fraction of sp³-hybridized carbons (Fsp3) is 1.00. The first-order chi connectivity index (χ1) is 12.5. The third-order valence-corrected chi connectivity index (χ3v) is 9.44. The molecule has 0 saturated heterocycles. The largest absolute Gasteiger partial charge is 0.396 e. The maximum atomic E-state index is 10.2. The van der Waals surface area contributed by atoms with E-state index in [1.54, 1.807) is 0 Å². The number of hydrogen-bond acceptors (Lipinski definition) is 3. The molecule has 4 saturated carbocycles. The summed E-state index contributed by atoms with van der Waals surface area (Å²) in [5.74, 6) is 4.38. The smallest absolute Gasteiger partial charge is 0.0543 e. The Balaban J connectivity index is 1.44. The first kappa shape index (κ1) is 19.2. The Bertz CT molecular complexity index is 497. The summed E-state index contributed by atoms with van der Waals surface area (Å²) in [5, 5.41) is 22.8. The SMILES string of the molecule is C[C@]12CC[C@H]3[C@@H](CC[C@H]4C[C@@H](O)CC[C@@]43C)[C@@H]1CC(CNCCCO)C2. The molecule has 3 N–H and O–H groups in total. The van der Waals surface area contributed by atoms with Gasteiger partial charge in [-0.1, -0.05) is 13.8 Å². The van der Waals surface area contributed by atoms with Crippen LogP contribution in [0.4, 0.5) is 0 Å². The molecule has 26 heavy (non-hydrogen) atoms. The van der Waals surface area contributed by atoms with E-state index >= 15 is 0 Å². The fourth-order valence-electron chi connectivity index (χ4n) is 8.11. The second kappa shape index (κ2) is 7.37. The summed E-state index contributed by atoms with van der Waals surface area (Å²) < 4.78 is 0. The number of nitrogens with one attached hydrogen (secondary N) is 1. The molecule has 1 unspecified atom stereocenters. The second-order valence-electron chi connectivity index (χ2n) is 10.9. The van der Waals surface area contributed by atoms with Crippen molar-refractivity contribution in [2.75, 3.05) is 19.7 Å². The van der Waals surface area contributed by atoms with Gasteiger partial charge in [-0.25, -0.2) is 0 Å². The molecule has 0 heterocycles. The van der Waals surface area contributed by atoms with Crippen molar-refractivity contribution in [3.8, 4) is 0 Å². The molecule has 3 nitrogen and oxygen atoms in total. The van der Waals surface area contributed by atoms with Crippen LogP contribution in [0, 0.1) is 40.4 Å². The Morgan fingerprint density at radius 3 is 2.65 bits per heavy atom. The van der Waals surface area contributed by atoms with E-state index in [0.717, 1.165) is 61.9 Å². The molecule has 0 bridgehead atoms. The van der Waals surface area contributed by atoms with E-state index in [-0.39, 0.29) is 6.10 Å². The highest BCUT2D eigenvalue weighted by molar-refractivity contribution is 5.08. The number of rotatable bonds is 5. The van der Waals surface area contributed by atoms with E-state index in [4.69, 9.17) is 5.11 Å². The molecule has 4 aliphatic rings. The van der Waals surface area contributed by atoms with E-state index in [2.05, 4.69) is 19.2 Å². The zero-order chi connectivity index (χ0) is 18.4. The fourth-order valence-corrected chi connectivity index (χ4v) is 8.11. The van der Waals surface area contributed by atoms with Crippen molar-refractivity contribution in [2.24, 2.45) is 40.4 Å². The standard InChI is InChI=1S/C23H41NO2/c1-22-8-7-20-19(5-4-17-13-18(26)6-9-23(17,20)2)21(22)12-16(14-22)15-24-10-3-11-25/h16-21,24-26H,3-15H2,1-2H3/t16?,17-,18-,19+,20-,21-,22+,23-/m0/s1. The van der Waals surface area contributed by atoms with Gasteiger partial charge in [0.1, 0.15) is 0 Å². The Labute approximate surface area is 160 Å². The van der Waals surface area contributed by atoms with Crippen molar-refractivity contribution < 1.29 is 10.2 Å². The molecule has 4 rings (SSSR count). The van der Waals surface area contributed by atoms with E-state index in [0.29, 0.717) is 17.4 Å². The van der Waals surface area contributed by atoms with Gasteiger partial charge in [-0.2, -0.15) is 0 Å². The van der Waals surface area contributed by atoms with Crippen molar-refractivity contribution in [3.05, 3.63) is 0 Å². The third-order valence-electron chi connectivity index (χ3n) is 9.44. The van der Waals surface area contributed by atoms with Crippen LogP contribution in [-0.4, -0.2) is 36.0 Å². The van der Waals surface area contributed by atoms with Crippen LogP contribution in [-0.2, 0) is 0 Å². The van der Waals surface area contributed by atoms with Gasteiger partial charge in [0.2, 0.25) is 0 Å². The van der Waals surface area contributed by atoms with Crippen molar-refractivity contribution in [2.45, 2.75) is 84.2 Å². The summed E-state index contributed by atoms with van der Waals surface area (Å²) in [6.07, 6.45) is 12.7. The van der Waals surface area contributed by atoms with E-state index in [1.165, 1.54) is 44.9 Å². The third kappa shape index (κ3) is 3.26. The second-order valence-corrected chi connectivity index (χ2v) is 10.9. The van der Waals surface area contributed by atoms with Crippen molar-refractivity contribution in [1.29, 1.82) is 0 Å². The lowest BCUT2D eigenvalue weighted by Crippen LogP contribution is -2.53. The highest BCUT2D eigenvalue weighted by Gasteiger charge is 2.58. The van der Waals surface area contributed by atoms with Gasteiger partial charge in [-0.05, 0) is 118 Å². The van der Waals surface area contributed by atoms with Crippen LogP contribution in [0.3, 0.4) is 0 Å². The maximum absolute atomic E-state index is 10.2. The van der Waals surface area contributed by atoms with Crippen LogP contribution in [0.5, 0.6) is 0 Å². The Morgan fingerprint density at radius 1 is 1.00 bits per heavy atom. The predicted molar refractivity (Wildman–Crippen MR) is 106 cm³/mol. The van der Waals surface area contributed by atoms with Crippen LogP contribution in [0.2, 0.25) is 0 Å². The summed E-state index contributed by atoms with van der Waals surface area (Å²) in [5.41, 5.74) is 1.07. The Kier molecular flexibility index (Phi) is 5.44. The molecular weight excluding hydrogens is 322 g/mol. The lowest BCUT2D eigenvalue weighted by molar-refractivity contribution is -0.120. The molecule has 150 valence electrons. The van der Waals surface area contributed by atoms with Crippen molar-refractivity contribution >= 4 is 0 Å².